The number of unbranched alkanes of at least 4 members (excludes halogenated alkanes) is 17. The fourth-order valence-electron chi connectivity index (χ4n) is 6.75. The lowest BCUT2D eigenvalue weighted by Crippen LogP contribution is -2.45. The Morgan fingerprint density at radius 3 is 1.13 bits per heavy atom. The average Bonchev–Trinajstić information content (AvgIpc) is 3.28. The Balaban J connectivity index is 3.65. The van der Waals surface area contributed by atoms with Crippen LogP contribution in [0.3, 0.4) is 0 Å². The minimum atomic E-state index is -0.880. The number of aliphatic hydroxyl groups is 2. The molecule has 1 amide bonds. The Labute approximate surface area is 383 Å². The lowest BCUT2D eigenvalue weighted by molar-refractivity contribution is -0.123. The zero-order chi connectivity index (χ0) is 44.9. The Kier molecular flexibility index (Phi) is 49.0. The van der Waals surface area contributed by atoms with Gasteiger partial charge in [0.05, 0.1) is 18.8 Å². The van der Waals surface area contributed by atoms with Gasteiger partial charge in [-0.25, -0.2) is 0 Å². The first-order valence-electron chi connectivity index (χ1n) is 25.4. The van der Waals surface area contributed by atoms with E-state index in [1.807, 2.05) is 6.08 Å². The van der Waals surface area contributed by atoms with Crippen molar-refractivity contribution in [2.75, 3.05) is 6.61 Å². The van der Waals surface area contributed by atoms with Crippen LogP contribution in [-0.2, 0) is 4.79 Å². The monoisotopic (exact) mass is 854 g/mol. The summed E-state index contributed by atoms with van der Waals surface area (Å²) in [7, 11) is 0. The molecule has 4 heteroatoms. The Bertz CT molecular complexity index is 1290. The molecule has 3 N–H and O–H groups in total. The van der Waals surface area contributed by atoms with Gasteiger partial charge in [0.25, 0.3) is 0 Å². The van der Waals surface area contributed by atoms with Gasteiger partial charge in [-0.15, -0.1) is 0 Å². The highest BCUT2D eigenvalue weighted by Gasteiger charge is 2.17. The fourth-order valence-corrected chi connectivity index (χ4v) is 6.75. The van der Waals surface area contributed by atoms with E-state index >= 15 is 0 Å². The van der Waals surface area contributed by atoms with Crippen molar-refractivity contribution < 1.29 is 15.0 Å². The molecule has 0 rings (SSSR count). The summed E-state index contributed by atoms with van der Waals surface area (Å²) in [5.41, 5.74) is 0. The maximum absolute atomic E-state index is 12.4. The van der Waals surface area contributed by atoms with Gasteiger partial charge >= 0.3 is 0 Å². The summed E-state index contributed by atoms with van der Waals surface area (Å²) in [6.07, 6.45) is 81.5. The molecule has 0 aromatic carbocycles. The molecule has 0 fully saturated rings. The van der Waals surface area contributed by atoms with Crippen molar-refractivity contribution in [2.45, 2.75) is 219 Å². The normalized spacial score (nSPS) is 14.1. The number of amides is 1. The van der Waals surface area contributed by atoms with Gasteiger partial charge in [0.15, 0.2) is 0 Å². The summed E-state index contributed by atoms with van der Waals surface area (Å²) < 4.78 is 0. The number of hydrogen-bond donors (Lipinski definition) is 3. The summed E-state index contributed by atoms with van der Waals surface area (Å²) in [4.78, 5) is 12.4. The summed E-state index contributed by atoms with van der Waals surface area (Å²) in [5, 5.41) is 23.0. The molecule has 0 aliphatic rings. The summed E-state index contributed by atoms with van der Waals surface area (Å²) in [6, 6.07) is -0.656. The van der Waals surface area contributed by atoms with Gasteiger partial charge in [0, 0.05) is 6.42 Å². The van der Waals surface area contributed by atoms with Crippen molar-refractivity contribution in [3.8, 4) is 0 Å². The Morgan fingerprint density at radius 1 is 0.403 bits per heavy atom. The topological polar surface area (TPSA) is 69.6 Å². The molecule has 0 spiro atoms. The highest BCUT2D eigenvalue weighted by molar-refractivity contribution is 5.76. The third-order valence-corrected chi connectivity index (χ3v) is 10.6. The van der Waals surface area contributed by atoms with Crippen molar-refractivity contribution in [1.29, 1.82) is 0 Å². The van der Waals surface area contributed by atoms with E-state index in [4.69, 9.17) is 0 Å². The van der Waals surface area contributed by atoms with Crippen molar-refractivity contribution in [3.63, 3.8) is 0 Å². The van der Waals surface area contributed by atoms with E-state index in [0.717, 1.165) is 96.3 Å². The van der Waals surface area contributed by atoms with E-state index in [9.17, 15) is 15.0 Å². The molecule has 0 heterocycles. The van der Waals surface area contributed by atoms with E-state index in [0.29, 0.717) is 6.42 Å². The lowest BCUT2D eigenvalue weighted by Gasteiger charge is -2.19. The molecule has 2 atom stereocenters. The number of hydrogen-bond acceptors (Lipinski definition) is 3. The third-order valence-electron chi connectivity index (χ3n) is 10.6. The number of aliphatic hydroxyl groups excluding tert-OH is 2. The smallest absolute Gasteiger partial charge is 0.220 e. The average molecular weight is 854 g/mol. The molecular weight excluding hydrogens is 759 g/mol. The summed E-state index contributed by atoms with van der Waals surface area (Å²) in [5.74, 6) is -0.0897. The van der Waals surface area contributed by atoms with Gasteiger partial charge in [0.2, 0.25) is 5.91 Å². The molecule has 0 bridgehead atoms. The zero-order valence-corrected chi connectivity index (χ0v) is 40.1. The van der Waals surface area contributed by atoms with E-state index in [2.05, 4.69) is 141 Å². The SMILES string of the molecule is CC/C=C\C/C=C\C/C=C\C/C=C\C/C=C\C/C=C\C/C=C\C/C=C\CCCCCCCCCCCCC(=O)NC(CO)C(O)/C=C/CC/C=C/CC/C=C/CCCCCCC. The Hall–Kier alpha value is -3.47. The highest BCUT2D eigenvalue weighted by atomic mass is 16.3. The second kappa shape index (κ2) is 51.9. The van der Waals surface area contributed by atoms with Crippen molar-refractivity contribution in [3.05, 3.63) is 134 Å². The minimum absolute atomic E-state index is 0.0897. The van der Waals surface area contributed by atoms with Crippen LogP contribution in [0.15, 0.2) is 134 Å². The summed E-state index contributed by atoms with van der Waals surface area (Å²) >= 11 is 0. The zero-order valence-electron chi connectivity index (χ0n) is 40.1. The molecule has 0 radical (unpaired) electrons. The van der Waals surface area contributed by atoms with Crippen LogP contribution in [0.2, 0.25) is 0 Å². The molecule has 0 saturated carbocycles. The largest absolute Gasteiger partial charge is 0.394 e. The Morgan fingerprint density at radius 2 is 0.726 bits per heavy atom. The predicted octanol–water partition coefficient (Wildman–Crippen LogP) is 16.7. The number of rotatable bonds is 44. The molecule has 0 saturated heterocycles. The van der Waals surface area contributed by atoms with Gasteiger partial charge in [0.1, 0.15) is 0 Å². The highest BCUT2D eigenvalue weighted by Crippen LogP contribution is 2.13. The molecule has 2 unspecified atom stereocenters. The minimum Gasteiger partial charge on any atom is -0.394 e. The third kappa shape index (κ3) is 47.6. The summed E-state index contributed by atoms with van der Waals surface area (Å²) in [6.45, 7) is 4.15. The van der Waals surface area contributed by atoms with Gasteiger partial charge in [-0.2, -0.15) is 0 Å². The van der Waals surface area contributed by atoms with E-state index in [1.165, 1.54) is 89.9 Å². The molecule has 0 aromatic rings. The van der Waals surface area contributed by atoms with E-state index < -0.39 is 12.1 Å². The maximum Gasteiger partial charge on any atom is 0.220 e. The second-order valence-corrected chi connectivity index (χ2v) is 16.5. The van der Waals surface area contributed by atoms with Gasteiger partial charge < -0.3 is 15.5 Å². The molecule has 4 nitrogen and oxygen atoms in total. The maximum atomic E-state index is 12.4. The quantitative estimate of drug-likeness (QED) is 0.0422. The first-order valence-corrected chi connectivity index (χ1v) is 25.4. The molecular formula is C58H95NO3. The van der Waals surface area contributed by atoms with Gasteiger partial charge in [-0.05, 0) is 109 Å². The van der Waals surface area contributed by atoms with E-state index in [1.54, 1.807) is 6.08 Å². The van der Waals surface area contributed by atoms with Crippen LogP contribution >= 0.6 is 0 Å². The molecule has 0 aliphatic carbocycles. The number of nitrogens with one attached hydrogen (secondary N) is 1. The standard InChI is InChI=1S/C58H95NO3/c1-3-5-7-9-11-13-15-17-19-20-21-22-23-24-25-26-27-28-29-30-31-32-33-34-35-36-37-38-40-42-44-46-48-50-52-54-58(62)59-56(55-60)57(61)53-51-49-47-45-43-41-39-18-16-14-12-10-8-6-4-2/h5,7,11,13,16-19,21-22,24-25,27-28,30-31,33-34,43,45,51,53,56-57,60-61H,3-4,6,8-10,12,14-15,20,23,26,29,32,35-42,44,46-50,52,54-55H2,1-2H3,(H,59,62)/b7-5-,13-11-,18-16+,19-17-,22-21-,25-24-,28-27-,31-30-,34-33-,45-43+,53-51+. The first kappa shape index (κ1) is 58.5. The van der Waals surface area contributed by atoms with Crippen LogP contribution in [0.4, 0.5) is 0 Å². The molecule has 0 aromatic heterocycles. The van der Waals surface area contributed by atoms with E-state index in [-0.39, 0.29) is 12.5 Å². The van der Waals surface area contributed by atoms with Crippen LogP contribution in [0.25, 0.3) is 0 Å². The fraction of sp³-hybridized carbons (Fsp3) is 0.603. The number of carbonyl (C=O) groups excluding carboxylic acids is 1. The number of carbonyl (C=O) groups is 1. The first-order chi connectivity index (χ1) is 30.7. The molecule has 62 heavy (non-hydrogen) atoms. The van der Waals surface area contributed by atoms with Crippen molar-refractivity contribution in [1.82, 2.24) is 5.32 Å². The van der Waals surface area contributed by atoms with Gasteiger partial charge in [-0.1, -0.05) is 225 Å². The molecule has 0 aliphatic heterocycles. The van der Waals surface area contributed by atoms with Crippen LogP contribution < -0.4 is 5.32 Å². The van der Waals surface area contributed by atoms with Crippen LogP contribution in [-0.4, -0.2) is 34.9 Å². The van der Waals surface area contributed by atoms with Crippen LogP contribution in [0.1, 0.15) is 206 Å². The van der Waals surface area contributed by atoms with Crippen molar-refractivity contribution in [2.24, 2.45) is 0 Å². The van der Waals surface area contributed by atoms with Crippen molar-refractivity contribution >= 4 is 5.91 Å². The van der Waals surface area contributed by atoms with Crippen LogP contribution in [0, 0.1) is 0 Å². The van der Waals surface area contributed by atoms with Crippen LogP contribution in [0.5, 0.6) is 0 Å². The number of allylic oxidation sites excluding steroid dienone is 21. The predicted molar refractivity (Wildman–Crippen MR) is 275 cm³/mol. The second-order valence-electron chi connectivity index (χ2n) is 16.5. The van der Waals surface area contributed by atoms with Gasteiger partial charge in [-0.3, -0.25) is 4.79 Å². The molecule has 350 valence electrons. The lowest BCUT2D eigenvalue weighted by atomic mass is 10.0.